The maximum absolute atomic E-state index is 13.4. The van der Waals surface area contributed by atoms with Gasteiger partial charge in [0, 0.05) is 6.20 Å². The quantitative estimate of drug-likeness (QED) is 0.576. The van der Waals surface area contributed by atoms with Crippen molar-refractivity contribution in [3.05, 3.63) is 65.4 Å². The number of benzene rings is 1. The zero-order valence-electron chi connectivity index (χ0n) is 16.7. The zero-order valence-corrected chi connectivity index (χ0v) is 16.7. The van der Waals surface area contributed by atoms with Gasteiger partial charge in [-0.25, -0.2) is 9.37 Å². The standard InChI is InChI=1S/C22H26FN3O3/c1-3-4-9-18(13-27)25-22(28)20-15(2)24-21-19(10-6-11-26(20)21)29-14-16-7-5-8-17(23)12-16/h5-8,10-12,18,27H,3-4,9,13-14H2,1-2H3,(H,25,28). The second-order valence-electron chi connectivity index (χ2n) is 7.03. The van der Waals surface area contributed by atoms with Gasteiger partial charge in [0.2, 0.25) is 0 Å². The van der Waals surface area contributed by atoms with E-state index in [1.54, 1.807) is 41.8 Å². The zero-order chi connectivity index (χ0) is 20.8. The Kier molecular flexibility index (Phi) is 6.82. The van der Waals surface area contributed by atoms with Crippen molar-refractivity contribution in [1.82, 2.24) is 14.7 Å². The van der Waals surface area contributed by atoms with Crippen LogP contribution >= 0.6 is 0 Å². The second-order valence-corrected chi connectivity index (χ2v) is 7.03. The Labute approximate surface area is 169 Å². The number of hydrogen-bond acceptors (Lipinski definition) is 4. The number of carbonyl (C=O) groups excluding carboxylic acids is 1. The number of imidazole rings is 1. The van der Waals surface area contributed by atoms with Crippen LogP contribution in [0, 0.1) is 12.7 Å². The van der Waals surface area contributed by atoms with Crippen molar-refractivity contribution in [3.8, 4) is 5.75 Å². The summed E-state index contributed by atoms with van der Waals surface area (Å²) in [6.07, 6.45) is 4.39. The molecular weight excluding hydrogens is 373 g/mol. The first-order valence-corrected chi connectivity index (χ1v) is 9.80. The van der Waals surface area contributed by atoms with Gasteiger partial charge in [0.05, 0.1) is 18.3 Å². The highest BCUT2D eigenvalue weighted by Crippen LogP contribution is 2.23. The van der Waals surface area contributed by atoms with E-state index >= 15 is 0 Å². The van der Waals surface area contributed by atoms with E-state index in [-0.39, 0.29) is 31.0 Å². The molecule has 0 fully saturated rings. The summed E-state index contributed by atoms with van der Waals surface area (Å²) in [4.78, 5) is 17.3. The van der Waals surface area contributed by atoms with Crippen LogP contribution in [0.4, 0.5) is 4.39 Å². The topological polar surface area (TPSA) is 75.9 Å². The van der Waals surface area contributed by atoms with Crippen LogP contribution in [0.5, 0.6) is 5.75 Å². The molecule has 0 aliphatic heterocycles. The average molecular weight is 399 g/mol. The van der Waals surface area contributed by atoms with Gasteiger partial charge in [-0.1, -0.05) is 31.9 Å². The van der Waals surface area contributed by atoms with Crippen molar-refractivity contribution in [2.24, 2.45) is 0 Å². The molecule has 2 aromatic heterocycles. The summed E-state index contributed by atoms with van der Waals surface area (Å²) in [5, 5.41) is 12.4. The third-order valence-electron chi connectivity index (χ3n) is 4.75. The number of aryl methyl sites for hydroxylation is 1. The van der Waals surface area contributed by atoms with E-state index in [4.69, 9.17) is 4.74 Å². The molecule has 154 valence electrons. The highest BCUT2D eigenvalue weighted by Gasteiger charge is 2.21. The lowest BCUT2D eigenvalue weighted by atomic mass is 10.1. The van der Waals surface area contributed by atoms with Crippen LogP contribution in [0.25, 0.3) is 5.65 Å². The van der Waals surface area contributed by atoms with Crippen LogP contribution in [0.1, 0.15) is 47.9 Å². The average Bonchev–Trinajstić information content (AvgIpc) is 3.06. The van der Waals surface area contributed by atoms with Crippen molar-refractivity contribution in [2.45, 2.75) is 45.8 Å². The number of pyridine rings is 1. The minimum absolute atomic E-state index is 0.108. The van der Waals surface area contributed by atoms with Gasteiger partial charge in [0.25, 0.3) is 5.91 Å². The summed E-state index contributed by atoms with van der Waals surface area (Å²) < 4.78 is 20.9. The third kappa shape index (κ3) is 4.92. The smallest absolute Gasteiger partial charge is 0.270 e. The number of rotatable bonds is 9. The molecule has 1 amide bonds. The van der Waals surface area contributed by atoms with Crippen molar-refractivity contribution < 1.29 is 19.0 Å². The Balaban J connectivity index is 1.82. The fraction of sp³-hybridized carbons (Fsp3) is 0.364. The molecule has 1 unspecified atom stereocenters. The van der Waals surface area contributed by atoms with Crippen molar-refractivity contribution in [3.63, 3.8) is 0 Å². The lowest BCUT2D eigenvalue weighted by Gasteiger charge is -2.16. The van der Waals surface area contributed by atoms with E-state index in [1.807, 2.05) is 0 Å². The first-order chi connectivity index (χ1) is 14.0. The third-order valence-corrected chi connectivity index (χ3v) is 4.75. The van der Waals surface area contributed by atoms with Crippen LogP contribution in [0.2, 0.25) is 0 Å². The molecule has 6 nitrogen and oxygen atoms in total. The van der Waals surface area contributed by atoms with Crippen LogP contribution in [-0.2, 0) is 6.61 Å². The van der Waals surface area contributed by atoms with Gasteiger partial charge in [-0.15, -0.1) is 0 Å². The van der Waals surface area contributed by atoms with Gasteiger partial charge >= 0.3 is 0 Å². The number of aromatic nitrogens is 2. The van der Waals surface area contributed by atoms with Gasteiger partial charge in [-0.3, -0.25) is 9.20 Å². The van der Waals surface area contributed by atoms with E-state index in [2.05, 4.69) is 17.2 Å². The van der Waals surface area contributed by atoms with Crippen LogP contribution in [0.3, 0.4) is 0 Å². The number of halogens is 1. The minimum atomic E-state index is -0.318. The number of aliphatic hydroxyl groups excluding tert-OH is 1. The molecule has 1 atom stereocenters. The molecule has 0 aliphatic rings. The Morgan fingerprint density at radius 1 is 1.34 bits per heavy atom. The fourth-order valence-electron chi connectivity index (χ4n) is 3.24. The van der Waals surface area contributed by atoms with Gasteiger partial charge in [0.15, 0.2) is 11.4 Å². The van der Waals surface area contributed by atoms with Crippen LogP contribution in [0.15, 0.2) is 42.6 Å². The Morgan fingerprint density at radius 2 is 2.17 bits per heavy atom. The Morgan fingerprint density at radius 3 is 2.90 bits per heavy atom. The number of unbranched alkanes of at least 4 members (excludes halogenated alkanes) is 1. The number of amides is 1. The largest absolute Gasteiger partial charge is 0.485 e. The molecule has 2 heterocycles. The van der Waals surface area contributed by atoms with E-state index in [0.717, 1.165) is 19.3 Å². The maximum Gasteiger partial charge on any atom is 0.270 e. The van der Waals surface area contributed by atoms with Gasteiger partial charge in [-0.2, -0.15) is 0 Å². The van der Waals surface area contributed by atoms with E-state index in [9.17, 15) is 14.3 Å². The molecule has 0 bridgehead atoms. The Hall–Kier alpha value is -2.93. The molecule has 2 N–H and O–H groups in total. The summed E-state index contributed by atoms with van der Waals surface area (Å²) in [6, 6.07) is 9.46. The monoisotopic (exact) mass is 399 g/mol. The fourth-order valence-corrected chi connectivity index (χ4v) is 3.24. The molecule has 0 aliphatic carbocycles. The predicted octanol–water partition coefficient (Wildman–Crippen LogP) is 3.64. The summed E-state index contributed by atoms with van der Waals surface area (Å²) in [5.74, 6) is -0.0996. The second kappa shape index (κ2) is 9.52. The summed E-state index contributed by atoms with van der Waals surface area (Å²) >= 11 is 0. The highest BCUT2D eigenvalue weighted by molar-refractivity contribution is 5.95. The number of fused-ring (bicyclic) bond motifs is 1. The summed E-state index contributed by atoms with van der Waals surface area (Å²) in [5.41, 5.74) is 2.19. The number of nitrogens with zero attached hydrogens (tertiary/aromatic N) is 2. The van der Waals surface area contributed by atoms with Crippen LogP contribution < -0.4 is 10.1 Å². The maximum atomic E-state index is 13.4. The molecule has 3 aromatic rings. The van der Waals surface area contributed by atoms with Crippen LogP contribution in [-0.4, -0.2) is 33.0 Å². The molecule has 1 aromatic carbocycles. The lowest BCUT2D eigenvalue weighted by molar-refractivity contribution is 0.0905. The molecule has 0 spiro atoms. The molecule has 0 saturated heterocycles. The van der Waals surface area contributed by atoms with E-state index < -0.39 is 0 Å². The first-order valence-electron chi connectivity index (χ1n) is 9.80. The Bertz CT molecular complexity index is 987. The summed E-state index contributed by atoms with van der Waals surface area (Å²) in [7, 11) is 0. The molecular formula is C22H26FN3O3. The number of carbonyl (C=O) groups is 1. The molecule has 0 radical (unpaired) electrons. The number of hydrogen-bond donors (Lipinski definition) is 2. The SMILES string of the molecule is CCCCC(CO)NC(=O)c1c(C)nc2c(OCc3cccc(F)c3)cccn12. The molecule has 29 heavy (non-hydrogen) atoms. The first kappa shape index (κ1) is 20.8. The van der Waals surface area contributed by atoms with E-state index in [0.29, 0.717) is 28.3 Å². The number of nitrogens with one attached hydrogen (secondary N) is 1. The van der Waals surface area contributed by atoms with Crippen molar-refractivity contribution in [1.29, 1.82) is 0 Å². The lowest BCUT2D eigenvalue weighted by Crippen LogP contribution is -2.38. The summed E-state index contributed by atoms with van der Waals surface area (Å²) in [6.45, 7) is 3.91. The predicted molar refractivity (Wildman–Crippen MR) is 109 cm³/mol. The van der Waals surface area contributed by atoms with E-state index in [1.165, 1.54) is 12.1 Å². The van der Waals surface area contributed by atoms with Gasteiger partial charge in [-0.05, 0) is 43.2 Å². The molecule has 7 heteroatoms. The number of ether oxygens (including phenoxy) is 1. The van der Waals surface area contributed by atoms with Gasteiger partial charge in [0.1, 0.15) is 18.1 Å². The number of aliphatic hydroxyl groups is 1. The minimum Gasteiger partial charge on any atom is -0.485 e. The molecule has 0 saturated carbocycles. The highest BCUT2D eigenvalue weighted by atomic mass is 19.1. The normalized spacial score (nSPS) is 12.1. The van der Waals surface area contributed by atoms with Crippen molar-refractivity contribution in [2.75, 3.05) is 6.61 Å². The van der Waals surface area contributed by atoms with Gasteiger partial charge < -0.3 is 15.2 Å². The molecule has 3 rings (SSSR count). The van der Waals surface area contributed by atoms with Crippen molar-refractivity contribution >= 4 is 11.6 Å².